The Hall–Kier alpha value is 0.0969. The molecule has 108 valence electrons. The van der Waals surface area contributed by atoms with Crippen LogP contribution in [-0.4, -0.2) is 29.3 Å². The predicted octanol–water partition coefficient (Wildman–Crippen LogP) is 2.00. The largest absolute Gasteiger partial charge is 0.342 e. The average Bonchev–Trinajstić information content (AvgIpc) is 2.33. The molecule has 0 saturated heterocycles. The first kappa shape index (κ1) is 22.3. The Kier molecular flexibility index (Phi) is 39.1. The Bertz CT molecular complexity index is 78.7. The molecule has 0 aliphatic heterocycles. The molecule has 17 heavy (non-hydrogen) atoms. The normalized spacial score (nSPS) is 9.53. The summed E-state index contributed by atoms with van der Waals surface area (Å²) in [6.45, 7) is 11.7. The van der Waals surface area contributed by atoms with Gasteiger partial charge < -0.3 is 16.4 Å². The van der Waals surface area contributed by atoms with Crippen LogP contribution in [0.15, 0.2) is 0 Å². The van der Waals surface area contributed by atoms with E-state index in [0.29, 0.717) is 0 Å². The van der Waals surface area contributed by atoms with Gasteiger partial charge in [-0.1, -0.05) is 46.6 Å². The second-order valence-electron chi connectivity index (χ2n) is 3.99. The number of unbranched alkanes of at least 4 members (excludes halogenated alkanes) is 3. The summed E-state index contributed by atoms with van der Waals surface area (Å²) in [5.41, 5.74) is 10.3. The zero-order chi connectivity index (χ0) is 13.8. The van der Waals surface area contributed by atoms with Gasteiger partial charge in [-0.15, -0.1) is 0 Å². The van der Waals surface area contributed by atoms with Crippen molar-refractivity contribution in [1.82, 2.24) is 4.98 Å². The molecule has 0 heterocycles. The Balaban J connectivity index is -0.000000177. The summed E-state index contributed by atoms with van der Waals surface area (Å²) in [5.74, 6) is 0. The van der Waals surface area contributed by atoms with E-state index < -0.39 is 0 Å². The minimum absolute atomic E-state index is 0.144. The van der Waals surface area contributed by atoms with Crippen LogP contribution < -0.4 is 16.4 Å². The molecule has 5 N–H and O–H groups in total. The Labute approximate surface area is 112 Å². The van der Waals surface area contributed by atoms with Gasteiger partial charge in [0.25, 0.3) is 0 Å². The van der Waals surface area contributed by atoms with Crippen LogP contribution in [0.2, 0.25) is 6.55 Å². The molecule has 0 fully saturated rings. The third-order valence-corrected chi connectivity index (χ3v) is 2.93. The van der Waals surface area contributed by atoms with Crippen molar-refractivity contribution in [3.05, 3.63) is 0 Å². The van der Waals surface area contributed by atoms with Gasteiger partial charge in [0.15, 0.2) is 0 Å². The average molecular weight is 264 g/mol. The zero-order valence-corrected chi connectivity index (χ0v) is 14.1. The van der Waals surface area contributed by atoms with Gasteiger partial charge in [0.1, 0.15) is 0 Å². The van der Waals surface area contributed by atoms with Crippen molar-refractivity contribution in [2.75, 3.05) is 19.6 Å². The molecule has 0 unspecified atom stereocenters. The van der Waals surface area contributed by atoms with E-state index in [0.717, 1.165) is 13.1 Å². The fraction of sp³-hybridized carbons (Fsp3) is 1.00. The zero-order valence-electron chi connectivity index (χ0n) is 12.7. The van der Waals surface area contributed by atoms with Gasteiger partial charge in [0.05, 0.1) is 9.68 Å². The number of rotatable bonds is 8. The maximum atomic E-state index is 5.14. The molecule has 0 spiro atoms. The Morgan fingerprint density at radius 3 is 1.41 bits per heavy atom. The molecule has 0 aromatic carbocycles. The first-order chi connectivity index (χ1) is 8.24. The fourth-order valence-electron chi connectivity index (χ4n) is 0.887. The molecule has 0 radical (unpaired) electrons. The first-order valence-corrected chi connectivity index (χ1v) is 9.47. The van der Waals surface area contributed by atoms with Crippen molar-refractivity contribution in [2.45, 2.75) is 65.8 Å². The van der Waals surface area contributed by atoms with E-state index in [1.807, 2.05) is 0 Å². The van der Waals surface area contributed by atoms with Gasteiger partial charge >= 0.3 is 0 Å². The van der Waals surface area contributed by atoms with Crippen LogP contribution in [-0.2, 0) is 0 Å². The lowest BCUT2D eigenvalue weighted by Crippen LogP contribution is -2.16. The number of nitrogens with two attached hydrogens (primary N) is 2. The summed E-state index contributed by atoms with van der Waals surface area (Å²) < 4.78 is 0. The highest BCUT2D eigenvalue weighted by Crippen LogP contribution is 1.80. The van der Waals surface area contributed by atoms with E-state index in [-0.39, 0.29) is 9.68 Å². The molecule has 0 aromatic heterocycles. The van der Waals surface area contributed by atoms with Crippen LogP contribution in [0, 0.1) is 0 Å². The quantitative estimate of drug-likeness (QED) is 0.463. The van der Waals surface area contributed by atoms with Crippen molar-refractivity contribution in [3.63, 3.8) is 0 Å². The van der Waals surface area contributed by atoms with Gasteiger partial charge in [-0.3, -0.25) is 0 Å². The number of hydrogen-bond acceptors (Lipinski definition) is 3. The lowest BCUT2D eigenvalue weighted by atomic mass is 10.3. The molecule has 0 amide bonds. The topological polar surface area (TPSA) is 64.1 Å². The van der Waals surface area contributed by atoms with E-state index in [9.17, 15) is 0 Å². The van der Waals surface area contributed by atoms with Crippen LogP contribution in [0.1, 0.15) is 59.3 Å². The number of nitrogens with one attached hydrogen (secondary N) is 1. The summed E-state index contributed by atoms with van der Waals surface area (Å²) in [5, 5.41) is 0. The minimum Gasteiger partial charge on any atom is -0.342 e. The van der Waals surface area contributed by atoms with Crippen LogP contribution >= 0.6 is 0 Å². The summed E-state index contributed by atoms with van der Waals surface area (Å²) in [6.07, 6.45) is 7.44. The molecule has 0 saturated carbocycles. The molecular weight excluding hydrogens is 226 g/mol. The summed E-state index contributed by atoms with van der Waals surface area (Å²) in [4.78, 5) is 3.39. The van der Waals surface area contributed by atoms with Gasteiger partial charge in [-0.2, -0.15) is 0 Å². The van der Waals surface area contributed by atoms with Crippen molar-refractivity contribution >= 4 is 9.68 Å². The van der Waals surface area contributed by atoms with E-state index in [2.05, 4.69) is 32.3 Å². The van der Waals surface area contributed by atoms with Crippen LogP contribution in [0.4, 0.5) is 0 Å². The van der Waals surface area contributed by atoms with Crippen molar-refractivity contribution in [2.24, 2.45) is 11.5 Å². The van der Waals surface area contributed by atoms with Crippen LogP contribution in [0.5, 0.6) is 0 Å². The minimum atomic E-state index is 0.144. The lowest BCUT2D eigenvalue weighted by molar-refractivity contribution is 0.767. The van der Waals surface area contributed by atoms with Crippen molar-refractivity contribution < 1.29 is 0 Å². The molecule has 4 heteroatoms. The SMILES string of the molecule is CCCCN.CCCCN.CCCCN[SiH2]C. The summed E-state index contributed by atoms with van der Waals surface area (Å²) in [6, 6.07) is 0. The van der Waals surface area contributed by atoms with Crippen LogP contribution in [0.25, 0.3) is 0 Å². The van der Waals surface area contributed by atoms with Gasteiger partial charge in [0.2, 0.25) is 0 Å². The third kappa shape index (κ3) is 48.8. The summed E-state index contributed by atoms with van der Waals surface area (Å²) >= 11 is 0. The maximum Gasteiger partial charge on any atom is 0.0885 e. The molecule has 0 aromatic rings. The molecule has 0 bridgehead atoms. The molecule has 0 atom stereocenters. The second kappa shape index (κ2) is 29.8. The van der Waals surface area contributed by atoms with E-state index >= 15 is 0 Å². The number of hydrogen-bond donors (Lipinski definition) is 3. The van der Waals surface area contributed by atoms with Gasteiger partial charge in [-0.25, -0.2) is 0 Å². The second-order valence-corrected chi connectivity index (χ2v) is 5.20. The van der Waals surface area contributed by atoms with E-state index in [1.54, 1.807) is 0 Å². The van der Waals surface area contributed by atoms with E-state index in [1.165, 1.54) is 45.1 Å². The van der Waals surface area contributed by atoms with Crippen molar-refractivity contribution in [1.29, 1.82) is 0 Å². The van der Waals surface area contributed by atoms with Crippen molar-refractivity contribution in [3.8, 4) is 0 Å². The summed E-state index contributed by atoms with van der Waals surface area (Å²) in [7, 11) is 0.144. The molecule has 3 nitrogen and oxygen atoms in total. The highest BCUT2D eigenvalue weighted by Gasteiger charge is 1.77. The highest BCUT2D eigenvalue weighted by molar-refractivity contribution is 6.29. The molecular formula is C13H37N3Si. The molecule has 0 aliphatic rings. The van der Waals surface area contributed by atoms with Gasteiger partial charge in [0, 0.05) is 0 Å². The fourth-order valence-corrected chi connectivity index (χ4v) is 1.49. The smallest absolute Gasteiger partial charge is 0.0885 e. The lowest BCUT2D eigenvalue weighted by Gasteiger charge is -1.94. The predicted molar refractivity (Wildman–Crippen MR) is 85.2 cm³/mol. The third-order valence-electron chi connectivity index (χ3n) is 2.07. The Morgan fingerprint density at radius 1 is 0.824 bits per heavy atom. The molecule has 0 rings (SSSR count). The van der Waals surface area contributed by atoms with Gasteiger partial charge in [-0.05, 0) is 38.9 Å². The maximum absolute atomic E-state index is 5.14. The Morgan fingerprint density at radius 2 is 1.24 bits per heavy atom. The van der Waals surface area contributed by atoms with E-state index in [4.69, 9.17) is 11.5 Å². The standard InChI is InChI=1S/C5H15NSi.2C4H11N/c1-3-4-5-6-7-2;2*1-2-3-4-5/h6H,3-5,7H2,1-2H3;2*2-5H2,1H3. The first-order valence-electron chi connectivity index (χ1n) is 7.35. The van der Waals surface area contributed by atoms with Crippen LogP contribution in [0.3, 0.4) is 0 Å². The monoisotopic (exact) mass is 263 g/mol. The highest BCUT2D eigenvalue weighted by atomic mass is 28.2. The molecule has 0 aliphatic carbocycles.